The van der Waals surface area contributed by atoms with E-state index in [2.05, 4.69) is 10.0 Å². The van der Waals surface area contributed by atoms with Crippen LogP contribution >= 0.6 is 0 Å². The average Bonchev–Trinajstić information content (AvgIpc) is 2.82. The molecule has 3 aromatic rings. The quantitative estimate of drug-likeness (QED) is 0.269. The zero-order chi connectivity index (χ0) is 24.6. The normalized spacial score (nSPS) is 11.1. The molecule has 0 unspecified atom stereocenters. The lowest BCUT2D eigenvalue weighted by molar-refractivity contribution is -0.384. The highest BCUT2D eigenvalue weighted by Crippen LogP contribution is 2.17. The number of anilines is 2. The zero-order valence-corrected chi connectivity index (χ0v) is 18.4. The molecule has 0 heterocycles. The second-order valence-corrected chi connectivity index (χ2v) is 8.44. The van der Waals surface area contributed by atoms with Crippen molar-refractivity contribution in [2.75, 3.05) is 16.6 Å². The summed E-state index contributed by atoms with van der Waals surface area (Å²) in [5, 5.41) is 14.2. The van der Waals surface area contributed by atoms with Crippen LogP contribution in [0.25, 0.3) is 6.08 Å². The number of nitro groups is 1. The van der Waals surface area contributed by atoms with Crippen molar-refractivity contribution >= 4 is 45.0 Å². The Kier molecular flexibility index (Phi) is 7.72. The maximum absolute atomic E-state index is 12.3. The highest BCUT2D eigenvalue weighted by atomic mass is 32.2. The summed E-state index contributed by atoms with van der Waals surface area (Å²) in [4.78, 5) is 34.5. The number of esters is 1. The molecule has 34 heavy (non-hydrogen) atoms. The summed E-state index contributed by atoms with van der Waals surface area (Å²) in [6, 6.07) is 19.7. The molecule has 0 aromatic heterocycles. The van der Waals surface area contributed by atoms with Crippen LogP contribution in [0, 0.1) is 10.1 Å². The maximum atomic E-state index is 12.3. The van der Waals surface area contributed by atoms with Crippen LogP contribution in [0.5, 0.6) is 0 Å². The lowest BCUT2D eigenvalue weighted by Gasteiger charge is -2.08. The summed E-state index contributed by atoms with van der Waals surface area (Å²) in [5.41, 5.74) is 0.833. The number of nitro benzene ring substituents is 1. The molecule has 1 amide bonds. The molecule has 11 heteroatoms. The van der Waals surface area contributed by atoms with Crippen molar-refractivity contribution in [3.05, 3.63) is 106 Å². The summed E-state index contributed by atoms with van der Waals surface area (Å²) < 4.78 is 31.9. The Labute approximate surface area is 195 Å². The summed E-state index contributed by atoms with van der Waals surface area (Å²) in [5.74, 6) is -1.55. The number of carbonyl (C=O) groups excluding carboxylic acids is 2. The second-order valence-electron chi connectivity index (χ2n) is 6.87. The molecule has 0 saturated carbocycles. The van der Waals surface area contributed by atoms with Crippen LogP contribution in [-0.2, 0) is 19.6 Å². The molecule has 2 N–H and O–H groups in total. The van der Waals surface area contributed by atoms with Gasteiger partial charge in [0.2, 0.25) is 0 Å². The first kappa shape index (κ1) is 24.1. The average molecular weight is 481 g/mol. The van der Waals surface area contributed by atoms with E-state index in [0.29, 0.717) is 5.56 Å². The number of ether oxygens (including phenoxy) is 1. The van der Waals surface area contributed by atoms with E-state index in [9.17, 15) is 28.1 Å². The van der Waals surface area contributed by atoms with E-state index in [-0.39, 0.29) is 22.6 Å². The number of non-ortho nitro benzene ring substituents is 1. The summed E-state index contributed by atoms with van der Waals surface area (Å²) >= 11 is 0. The Bertz CT molecular complexity index is 1340. The van der Waals surface area contributed by atoms with Crippen molar-refractivity contribution in [3.8, 4) is 0 Å². The van der Waals surface area contributed by atoms with Gasteiger partial charge in [0.05, 0.1) is 15.9 Å². The minimum Gasteiger partial charge on any atom is -0.452 e. The molecule has 0 saturated heterocycles. The Balaban J connectivity index is 1.58. The molecule has 10 nitrogen and oxygen atoms in total. The van der Waals surface area contributed by atoms with E-state index >= 15 is 0 Å². The third-order valence-corrected chi connectivity index (χ3v) is 5.29. The van der Waals surface area contributed by atoms with Crippen LogP contribution in [0.1, 0.15) is 15.9 Å². The van der Waals surface area contributed by atoms with Gasteiger partial charge in [0.1, 0.15) is 0 Å². The molecule has 0 radical (unpaired) electrons. The van der Waals surface area contributed by atoms with Gasteiger partial charge in [-0.05, 0) is 35.9 Å². The van der Waals surface area contributed by atoms with Gasteiger partial charge < -0.3 is 10.1 Å². The third-order valence-electron chi connectivity index (χ3n) is 4.27. The largest absolute Gasteiger partial charge is 0.452 e. The standard InChI is InChI=1S/C23H19N3O7S/c27-22(24-19-9-5-11-21(15-19)26(29)30)16-33-23(28)18-8-4-10-20(14-18)25-34(31,32)13-12-17-6-2-1-3-7-17/h1-15,25H,16H2,(H,24,27)/b13-12+. The predicted octanol–water partition coefficient (Wildman–Crippen LogP) is 3.80. The molecule has 0 aliphatic carbocycles. The summed E-state index contributed by atoms with van der Waals surface area (Å²) in [6.45, 7) is -0.642. The fourth-order valence-corrected chi connectivity index (χ4v) is 3.61. The first-order valence-electron chi connectivity index (χ1n) is 9.79. The van der Waals surface area contributed by atoms with E-state index in [1.165, 1.54) is 54.6 Å². The van der Waals surface area contributed by atoms with Crippen molar-refractivity contribution in [1.29, 1.82) is 0 Å². The van der Waals surface area contributed by atoms with Crippen molar-refractivity contribution < 1.29 is 27.7 Å². The molecule has 0 atom stereocenters. The minimum absolute atomic E-state index is 0.0235. The Hall–Kier alpha value is -4.51. The number of hydrogen-bond donors (Lipinski definition) is 2. The molecule has 3 rings (SSSR count). The number of nitrogens with one attached hydrogen (secondary N) is 2. The molecule has 0 aliphatic rings. The van der Waals surface area contributed by atoms with E-state index in [1.54, 1.807) is 24.3 Å². The van der Waals surface area contributed by atoms with E-state index < -0.39 is 33.4 Å². The number of amides is 1. The maximum Gasteiger partial charge on any atom is 0.338 e. The van der Waals surface area contributed by atoms with Crippen molar-refractivity contribution in [2.45, 2.75) is 0 Å². The topological polar surface area (TPSA) is 145 Å². The number of sulfonamides is 1. The number of rotatable bonds is 9. The molecule has 0 bridgehead atoms. The fraction of sp³-hybridized carbons (Fsp3) is 0.0435. The van der Waals surface area contributed by atoms with Crippen LogP contribution in [0.2, 0.25) is 0 Å². The van der Waals surface area contributed by atoms with Gasteiger partial charge in [0, 0.05) is 23.5 Å². The molecular formula is C23H19N3O7S. The third kappa shape index (κ3) is 7.28. The highest BCUT2D eigenvalue weighted by Gasteiger charge is 2.14. The molecule has 3 aromatic carbocycles. The molecular weight excluding hydrogens is 462 g/mol. The van der Waals surface area contributed by atoms with Crippen LogP contribution in [0.15, 0.2) is 84.3 Å². The SMILES string of the molecule is O=C(COC(=O)c1cccc(NS(=O)(=O)/C=C/c2ccccc2)c1)Nc1cccc([N+](=O)[O-])c1. The minimum atomic E-state index is -3.84. The van der Waals surface area contributed by atoms with Gasteiger partial charge >= 0.3 is 5.97 Å². The molecule has 0 aliphatic heterocycles. The zero-order valence-electron chi connectivity index (χ0n) is 17.6. The van der Waals surface area contributed by atoms with Crippen molar-refractivity contribution in [1.82, 2.24) is 0 Å². The summed E-state index contributed by atoms with van der Waals surface area (Å²) in [6.07, 6.45) is 1.43. The van der Waals surface area contributed by atoms with E-state index in [1.807, 2.05) is 6.07 Å². The van der Waals surface area contributed by atoms with Crippen molar-refractivity contribution in [2.24, 2.45) is 0 Å². The highest BCUT2D eigenvalue weighted by molar-refractivity contribution is 7.95. The van der Waals surface area contributed by atoms with Crippen LogP contribution in [-0.4, -0.2) is 31.8 Å². The molecule has 0 spiro atoms. The lowest BCUT2D eigenvalue weighted by Crippen LogP contribution is -2.21. The van der Waals surface area contributed by atoms with E-state index in [0.717, 1.165) is 5.41 Å². The van der Waals surface area contributed by atoms with Crippen molar-refractivity contribution in [3.63, 3.8) is 0 Å². The lowest BCUT2D eigenvalue weighted by atomic mass is 10.2. The van der Waals surface area contributed by atoms with E-state index in [4.69, 9.17) is 4.74 Å². The van der Waals surface area contributed by atoms with Gasteiger partial charge in [-0.3, -0.25) is 19.6 Å². The first-order valence-corrected chi connectivity index (χ1v) is 11.3. The number of hydrogen-bond acceptors (Lipinski definition) is 7. The number of benzene rings is 3. The monoisotopic (exact) mass is 481 g/mol. The fourth-order valence-electron chi connectivity index (χ4n) is 2.75. The van der Waals surface area contributed by atoms with Gasteiger partial charge in [0.25, 0.3) is 21.6 Å². The number of nitrogens with zero attached hydrogens (tertiary/aromatic N) is 1. The number of carbonyl (C=O) groups is 2. The summed E-state index contributed by atoms with van der Waals surface area (Å²) in [7, 11) is -3.84. The molecule has 174 valence electrons. The van der Waals surface area contributed by atoms with Gasteiger partial charge in [-0.15, -0.1) is 0 Å². The Morgan fingerprint density at radius 2 is 1.65 bits per heavy atom. The molecule has 0 fully saturated rings. The van der Waals surface area contributed by atoms with Gasteiger partial charge in [-0.2, -0.15) is 0 Å². The predicted molar refractivity (Wildman–Crippen MR) is 126 cm³/mol. The second kappa shape index (κ2) is 10.9. The van der Waals surface area contributed by atoms with Crippen LogP contribution < -0.4 is 10.0 Å². The smallest absolute Gasteiger partial charge is 0.338 e. The van der Waals surface area contributed by atoms with Gasteiger partial charge in [-0.1, -0.05) is 42.5 Å². The van der Waals surface area contributed by atoms with Gasteiger partial charge in [-0.25, -0.2) is 13.2 Å². The van der Waals surface area contributed by atoms with Crippen LogP contribution in [0.3, 0.4) is 0 Å². The first-order chi connectivity index (χ1) is 16.2. The van der Waals surface area contributed by atoms with Crippen LogP contribution in [0.4, 0.5) is 17.1 Å². The van der Waals surface area contributed by atoms with Gasteiger partial charge in [0.15, 0.2) is 6.61 Å². The Morgan fingerprint density at radius 3 is 2.38 bits per heavy atom. The Morgan fingerprint density at radius 1 is 0.941 bits per heavy atom.